The molecule has 1 N–H and O–H groups in total. The van der Waals surface area contributed by atoms with E-state index in [4.69, 9.17) is 9.47 Å². The number of amides is 2. The van der Waals surface area contributed by atoms with Crippen molar-refractivity contribution in [2.24, 2.45) is 5.92 Å². The molecule has 1 aliphatic heterocycles. The first kappa shape index (κ1) is 23.9. The smallest absolute Gasteiger partial charge is 0.410 e. The van der Waals surface area contributed by atoms with E-state index in [1.807, 2.05) is 0 Å². The fourth-order valence-corrected chi connectivity index (χ4v) is 4.16. The molecular weight excluding hydrogens is 410 g/mol. The van der Waals surface area contributed by atoms with E-state index in [2.05, 4.69) is 5.32 Å². The number of sulfonamides is 1. The number of hydrogen-bond donors (Lipinski definition) is 1. The summed E-state index contributed by atoms with van der Waals surface area (Å²) < 4.78 is 36.8. The molecule has 0 aliphatic carbocycles. The lowest BCUT2D eigenvalue weighted by Gasteiger charge is -2.33. The predicted molar refractivity (Wildman–Crippen MR) is 113 cm³/mol. The van der Waals surface area contributed by atoms with Crippen molar-refractivity contribution in [2.45, 2.75) is 44.1 Å². The average Bonchev–Trinajstić information content (AvgIpc) is 2.66. The number of benzene rings is 1. The van der Waals surface area contributed by atoms with Crippen LogP contribution in [-0.2, 0) is 19.6 Å². The SMILES string of the molecule is COc1ccc(NC(=O)C2CCCN(C(=O)OC(C)(C)C)C2)cc1S(=O)(=O)N(C)C. The van der Waals surface area contributed by atoms with Gasteiger partial charge in [-0.15, -0.1) is 0 Å². The molecule has 1 atom stereocenters. The second-order valence-corrected chi connectivity index (χ2v) is 10.5. The number of nitrogens with one attached hydrogen (secondary N) is 1. The minimum absolute atomic E-state index is 0.0353. The van der Waals surface area contributed by atoms with E-state index in [1.165, 1.54) is 38.2 Å². The van der Waals surface area contributed by atoms with E-state index >= 15 is 0 Å². The molecule has 0 saturated carbocycles. The van der Waals surface area contributed by atoms with Gasteiger partial charge in [-0.05, 0) is 51.8 Å². The lowest BCUT2D eigenvalue weighted by atomic mass is 9.97. The van der Waals surface area contributed by atoms with Crippen molar-refractivity contribution in [3.8, 4) is 5.75 Å². The molecule has 1 unspecified atom stereocenters. The van der Waals surface area contributed by atoms with Crippen LogP contribution in [0.5, 0.6) is 5.75 Å². The highest BCUT2D eigenvalue weighted by atomic mass is 32.2. The number of nitrogens with zero attached hydrogens (tertiary/aromatic N) is 2. The third-order valence-electron chi connectivity index (χ3n) is 4.63. The van der Waals surface area contributed by atoms with E-state index in [1.54, 1.807) is 26.8 Å². The van der Waals surface area contributed by atoms with Gasteiger partial charge in [0.15, 0.2) is 0 Å². The van der Waals surface area contributed by atoms with Gasteiger partial charge >= 0.3 is 6.09 Å². The number of methoxy groups -OCH3 is 1. The maximum Gasteiger partial charge on any atom is 0.410 e. The van der Waals surface area contributed by atoms with Crippen LogP contribution in [0.3, 0.4) is 0 Å². The maximum absolute atomic E-state index is 12.8. The van der Waals surface area contributed by atoms with Crippen LogP contribution < -0.4 is 10.1 Å². The van der Waals surface area contributed by atoms with Crippen LogP contribution in [0.25, 0.3) is 0 Å². The molecule has 0 bridgehead atoms. The maximum atomic E-state index is 12.8. The van der Waals surface area contributed by atoms with Crippen LogP contribution in [0.4, 0.5) is 10.5 Å². The normalized spacial score (nSPS) is 17.6. The highest BCUT2D eigenvalue weighted by molar-refractivity contribution is 7.89. The fraction of sp³-hybridized carbons (Fsp3) is 0.600. The first-order valence-corrected chi connectivity index (χ1v) is 11.2. The zero-order chi connectivity index (χ0) is 22.7. The van der Waals surface area contributed by atoms with Crippen LogP contribution >= 0.6 is 0 Å². The number of ether oxygens (including phenoxy) is 2. The Balaban J connectivity index is 2.15. The predicted octanol–water partition coefficient (Wildman–Crippen LogP) is 2.53. The summed E-state index contributed by atoms with van der Waals surface area (Å²) in [7, 11) is 0.480. The molecule has 1 aliphatic rings. The Kier molecular flexibility index (Phi) is 7.36. The zero-order valence-corrected chi connectivity index (χ0v) is 19.2. The van der Waals surface area contributed by atoms with E-state index in [0.29, 0.717) is 25.1 Å². The van der Waals surface area contributed by atoms with Gasteiger partial charge in [0.05, 0.1) is 13.0 Å². The van der Waals surface area contributed by atoms with Gasteiger partial charge in [-0.1, -0.05) is 0 Å². The number of piperidine rings is 1. The summed E-state index contributed by atoms with van der Waals surface area (Å²) in [6.07, 6.45) is 0.869. The fourth-order valence-electron chi connectivity index (χ4n) is 3.08. The summed E-state index contributed by atoms with van der Waals surface area (Å²) in [5, 5.41) is 2.77. The summed E-state index contributed by atoms with van der Waals surface area (Å²) in [6.45, 7) is 6.17. The molecule has 1 aromatic rings. The zero-order valence-electron chi connectivity index (χ0n) is 18.4. The largest absolute Gasteiger partial charge is 0.495 e. The Morgan fingerprint density at radius 2 is 1.90 bits per heavy atom. The van der Waals surface area contributed by atoms with Gasteiger partial charge in [-0.2, -0.15) is 0 Å². The molecule has 1 fully saturated rings. The summed E-state index contributed by atoms with van der Waals surface area (Å²) >= 11 is 0. The molecule has 0 radical (unpaired) electrons. The summed E-state index contributed by atoms with van der Waals surface area (Å²) in [5.74, 6) is -0.501. The van der Waals surface area contributed by atoms with E-state index in [-0.39, 0.29) is 23.1 Å². The summed E-state index contributed by atoms with van der Waals surface area (Å²) in [5.41, 5.74) is -0.264. The van der Waals surface area contributed by atoms with Crippen molar-refractivity contribution in [1.82, 2.24) is 9.21 Å². The molecule has 1 saturated heterocycles. The van der Waals surface area contributed by atoms with Crippen LogP contribution in [0.1, 0.15) is 33.6 Å². The topological polar surface area (TPSA) is 105 Å². The monoisotopic (exact) mass is 441 g/mol. The first-order chi connectivity index (χ1) is 13.8. The molecule has 1 heterocycles. The minimum atomic E-state index is -3.75. The first-order valence-electron chi connectivity index (χ1n) is 9.74. The third-order valence-corrected chi connectivity index (χ3v) is 6.47. The second kappa shape index (κ2) is 9.22. The van der Waals surface area contributed by atoms with Gasteiger partial charge in [-0.25, -0.2) is 17.5 Å². The van der Waals surface area contributed by atoms with Gasteiger partial charge in [0.2, 0.25) is 15.9 Å². The summed E-state index contributed by atoms with van der Waals surface area (Å²) in [4.78, 5) is 26.6. The number of carbonyl (C=O) groups excluding carboxylic acids is 2. The van der Waals surface area contributed by atoms with Gasteiger partial charge in [0.1, 0.15) is 16.2 Å². The molecule has 30 heavy (non-hydrogen) atoms. The molecule has 0 aromatic heterocycles. The van der Waals surface area contributed by atoms with Gasteiger partial charge in [0.25, 0.3) is 0 Å². The highest BCUT2D eigenvalue weighted by Crippen LogP contribution is 2.29. The molecular formula is C20H31N3O6S. The van der Waals surface area contributed by atoms with E-state index in [0.717, 1.165) is 4.31 Å². The quantitative estimate of drug-likeness (QED) is 0.753. The Labute approximate surface area is 178 Å². The Morgan fingerprint density at radius 3 is 2.47 bits per heavy atom. The Hall–Kier alpha value is -2.33. The van der Waals surface area contributed by atoms with Gasteiger partial charge < -0.3 is 19.7 Å². The van der Waals surface area contributed by atoms with Crippen molar-refractivity contribution in [2.75, 3.05) is 39.6 Å². The van der Waals surface area contributed by atoms with E-state index in [9.17, 15) is 18.0 Å². The average molecular weight is 442 g/mol. The molecule has 2 amide bonds. The molecule has 10 heteroatoms. The molecule has 2 rings (SSSR count). The highest BCUT2D eigenvalue weighted by Gasteiger charge is 2.31. The van der Waals surface area contributed by atoms with Crippen molar-refractivity contribution in [1.29, 1.82) is 0 Å². The lowest BCUT2D eigenvalue weighted by molar-refractivity contribution is -0.121. The van der Waals surface area contributed by atoms with E-state index < -0.39 is 27.6 Å². The van der Waals surface area contributed by atoms with Crippen molar-refractivity contribution in [3.05, 3.63) is 18.2 Å². The van der Waals surface area contributed by atoms with Gasteiger partial charge in [-0.3, -0.25) is 4.79 Å². The van der Waals surface area contributed by atoms with Crippen molar-refractivity contribution < 1.29 is 27.5 Å². The van der Waals surface area contributed by atoms with Crippen molar-refractivity contribution >= 4 is 27.7 Å². The molecule has 9 nitrogen and oxygen atoms in total. The van der Waals surface area contributed by atoms with Crippen LogP contribution in [0.2, 0.25) is 0 Å². The molecule has 168 valence electrons. The van der Waals surface area contributed by atoms with Gasteiger partial charge in [0, 0.05) is 32.9 Å². The summed E-state index contributed by atoms with van der Waals surface area (Å²) in [6, 6.07) is 4.46. The van der Waals surface area contributed by atoms with Crippen LogP contribution in [0, 0.1) is 5.92 Å². The molecule has 1 aromatic carbocycles. The van der Waals surface area contributed by atoms with Crippen molar-refractivity contribution in [3.63, 3.8) is 0 Å². The van der Waals surface area contributed by atoms with Crippen LogP contribution in [0.15, 0.2) is 23.1 Å². The van der Waals surface area contributed by atoms with Crippen LogP contribution in [-0.4, -0.2) is 69.5 Å². The number of hydrogen-bond acceptors (Lipinski definition) is 6. The standard InChI is InChI=1S/C20H31N3O6S/c1-20(2,3)29-19(25)23-11-7-8-14(13-23)18(24)21-15-9-10-16(28-6)17(12-15)30(26,27)22(4)5/h9-10,12,14H,7-8,11,13H2,1-6H3,(H,21,24). The number of carbonyl (C=O) groups is 2. The minimum Gasteiger partial charge on any atom is -0.495 e. The lowest BCUT2D eigenvalue weighted by Crippen LogP contribution is -2.45. The molecule has 0 spiro atoms. The number of likely N-dealkylation sites (tertiary alicyclic amines) is 1. The Bertz CT molecular complexity index is 892. The number of rotatable bonds is 5. The third kappa shape index (κ3) is 5.85. The number of anilines is 1. The Morgan fingerprint density at radius 1 is 1.23 bits per heavy atom. The second-order valence-electron chi connectivity index (χ2n) is 8.41.